The Morgan fingerprint density at radius 3 is 2.67 bits per heavy atom. The van der Waals surface area contributed by atoms with Crippen LogP contribution in [0, 0.1) is 11.8 Å². The number of aliphatic hydroxyl groups is 1. The van der Waals surface area contributed by atoms with Crippen molar-refractivity contribution in [2.24, 2.45) is 11.8 Å². The number of carbonyl (C=O) groups excluding carboxylic acids is 1. The van der Waals surface area contributed by atoms with E-state index in [1.807, 2.05) is 6.92 Å². The highest BCUT2D eigenvalue weighted by molar-refractivity contribution is 5.81. The summed E-state index contributed by atoms with van der Waals surface area (Å²) in [5, 5.41) is 8.79. The minimum absolute atomic E-state index is 0.0440. The van der Waals surface area contributed by atoms with Crippen molar-refractivity contribution in [1.29, 1.82) is 0 Å². The van der Waals surface area contributed by atoms with E-state index < -0.39 is 12.7 Å². The zero-order valence-electron chi connectivity index (χ0n) is 10.5. The van der Waals surface area contributed by atoms with Crippen LogP contribution in [0.1, 0.15) is 26.2 Å². The molecule has 6 heteroatoms. The summed E-state index contributed by atoms with van der Waals surface area (Å²) >= 11 is 0. The first kappa shape index (κ1) is 15.4. The van der Waals surface area contributed by atoms with Gasteiger partial charge in [0.25, 0.3) is 0 Å². The van der Waals surface area contributed by atoms with Crippen LogP contribution in [0.3, 0.4) is 0 Å². The lowest BCUT2D eigenvalue weighted by atomic mass is 9.81. The lowest BCUT2D eigenvalue weighted by Crippen LogP contribution is -2.42. The van der Waals surface area contributed by atoms with Crippen molar-refractivity contribution in [3.8, 4) is 0 Å². The summed E-state index contributed by atoms with van der Waals surface area (Å²) in [4.78, 5) is 12.8. The molecule has 0 bridgehead atoms. The third kappa shape index (κ3) is 5.35. The lowest BCUT2D eigenvalue weighted by Gasteiger charge is -2.31. The Bertz CT molecular complexity index is 281. The average Bonchev–Trinajstić information content (AvgIpc) is 2.21. The van der Waals surface area contributed by atoms with Crippen LogP contribution < -0.4 is 0 Å². The van der Waals surface area contributed by atoms with Gasteiger partial charge in [-0.3, -0.25) is 9.69 Å². The third-order valence-corrected chi connectivity index (χ3v) is 3.32. The Morgan fingerprint density at radius 2 is 2.11 bits per heavy atom. The van der Waals surface area contributed by atoms with Gasteiger partial charge in [-0.15, -0.1) is 0 Å². The normalized spacial score (nSPS) is 25.8. The Hall–Kier alpha value is -0.620. The molecule has 1 aliphatic rings. The molecule has 3 nitrogen and oxygen atoms in total. The summed E-state index contributed by atoms with van der Waals surface area (Å²) in [5.41, 5.74) is 0. The SMILES string of the molecule is CC1CCC(=O)C(CN(CCO)CC(F)(F)F)C1. The summed E-state index contributed by atoms with van der Waals surface area (Å²) in [6.07, 6.45) is -2.35. The molecule has 0 amide bonds. The van der Waals surface area contributed by atoms with Gasteiger partial charge in [0.2, 0.25) is 0 Å². The highest BCUT2D eigenvalue weighted by Crippen LogP contribution is 2.27. The minimum atomic E-state index is -4.29. The van der Waals surface area contributed by atoms with Crippen LogP contribution >= 0.6 is 0 Å². The van der Waals surface area contributed by atoms with Gasteiger partial charge in [-0.2, -0.15) is 13.2 Å². The van der Waals surface area contributed by atoms with Crippen molar-refractivity contribution in [3.05, 3.63) is 0 Å². The number of aliphatic hydroxyl groups excluding tert-OH is 1. The van der Waals surface area contributed by atoms with Crippen molar-refractivity contribution >= 4 is 5.78 Å². The Morgan fingerprint density at radius 1 is 1.44 bits per heavy atom. The van der Waals surface area contributed by atoms with E-state index in [0.717, 1.165) is 11.3 Å². The number of nitrogens with zero attached hydrogens (tertiary/aromatic N) is 1. The van der Waals surface area contributed by atoms with Gasteiger partial charge in [0.15, 0.2) is 0 Å². The molecule has 18 heavy (non-hydrogen) atoms. The molecule has 0 spiro atoms. The smallest absolute Gasteiger partial charge is 0.395 e. The Kier molecular flexibility index (Phi) is 5.59. The summed E-state index contributed by atoms with van der Waals surface area (Å²) < 4.78 is 37.0. The molecule has 1 rings (SSSR count). The topological polar surface area (TPSA) is 40.5 Å². The molecule has 1 saturated carbocycles. The largest absolute Gasteiger partial charge is 0.401 e. The second kappa shape index (κ2) is 6.52. The number of Topliss-reactive ketones (excluding diaryl/α,β-unsaturated/α-hetero) is 1. The van der Waals surface area contributed by atoms with E-state index in [1.54, 1.807) is 0 Å². The molecule has 0 aromatic heterocycles. The molecule has 0 aliphatic heterocycles. The van der Waals surface area contributed by atoms with Crippen LogP contribution in [-0.2, 0) is 4.79 Å². The molecule has 2 unspecified atom stereocenters. The maximum absolute atomic E-state index is 12.3. The Labute approximate surface area is 105 Å². The summed E-state index contributed by atoms with van der Waals surface area (Å²) in [6.45, 7) is 0.679. The summed E-state index contributed by atoms with van der Waals surface area (Å²) in [7, 11) is 0. The van der Waals surface area contributed by atoms with E-state index in [1.165, 1.54) is 0 Å². The molecule has 2 atom stereocenters. The van der Waals surface area contributed by atoms with Gasteiger partial charge >= 0.3 is 6.18 Å². The zero-order chi connectivity index (χ0) is 13.8. The molecule has 1 fully saturated rings. The maximum atomic E-state index is 12.3. The molecule has 0 radical (unpaired) electrons. The van der Waals surface area contributed by atoms with E-state index in [2.05, 4.69) is 0 Å². The predicted molar refractivity (Wildman–Crippen MR) is 61.1 cm³/mol. The number of hydrogen-bond donors (Lipinski definition) is 1. The van der Waals surface area contributed by atoms with E-state index in [0.29, 0.717) is 18.8 Å². The highest BCUT2D eigenvalue weighted by Gasteiger charge is 2.34. The lowest BCUT2D eigenvalue weighted by molar-refractivity contribution is -0.150. The number of ketones is 1. The molecule has 1 N–H and O–H groups in total. The molecule has 0 aromatic carbocycles. The number of carbonyl (C=O) groups is 1. The van der Waals surface area contributed by atoms with Gasteiger partial charge in [-0.25, -0.2) is 0 Å². The van der Waals surface area contributed by atoms with Gasteiger partial charge in [0.1, 0.15) is 5.78 Å². The molecule has 106 valence electrons. The van der Waals surface area contributed by atoms with Crippen LogP contribution in [0.5, 0.6) is 0 Å². The van der Waals surface area contributed by atoms with Crippen LogP contribution in [0.2, 0.25) is 0 Å². The first-order valence-electron chi connectivity index (χ1n) is 6.24. The monoisotopic (exact) mass is 267 g/mol. The van der Waals surface area contributed by atoms with Crippen molar-refractivity contribution in [2.75, 3.05) is 26.2 Å². The minimum Gasteiger partial charge on any atom is -0.395 e. The molecular weight excluding hydrogens is 247 g/mol. The second-order valence-electron chi connectivity index (χ2n) is 5.12. The van der Waals surface area contributed by atoms with Crippen LogP contribution in [0.15, 0.2) is 0 Å². The second-order valence-corrected chi connectivity index (χ2v) is 5.12. The van der Waals surface area contributed by atoms with Crippen LogP contribution in [0.25, 0.3) is 0 Å². The average molecular weight is 267 g/mol. The summed E-state index contributed by atoms with van der Waals surface area (Å²) in [5.74, 6) is 0.121. The molecule has 0 saturated heterocycles. The highest BCUT2D eigenvalue weighted by atomic mass is 19.4. The van der Waals surface area contributed by atoms with E-state index in [4.69, 9.17) is 5.11 Å². The van der Waals surface area contributed by atoms with Crippen LogP contribution in [-0.4, -0.2) is 48.2 Å². The Balaban J connectivity index is 2.56. The van der Waals surface area contributed by atoms with Gasteiger partial charge in [0.05, 0.1) is 13.2 Å². The molecule has 1 aliphatic carbocycles. The van der Waals surface area contributed by atoms with Gasteiger partial charge in [-0.05, 0) is 18.8 Å². The predicted octanol–water partition coefficient (Wildman–Crippen LogP) is 1.85. The number of alkyl halides is 3. The van der Waals surface area contributed by atoms with E-state index >= 15 is 0 Å². The van der Waals surface area contributed by atoms with Gasteiger partial charge < -0.3 is 5.11 Å². The van der Waals surface area contributed by atoms with Gasteiger partial charge in [-0.1, -0.05) is 6.92 Å². The fourth-order valence-corrected chi connectivity index (χ4v) is 2.45. The van der Waals surface area contributed by atoms with E-state index in [-0.39, 0.29) is 31.4 Å². The van der Waals surface area contributed by atoms with Gasteiger partial charge in [0, 0.05) is 25.4 Å². The first-order chi connectivity index (χ1) is 8.31. The number of rotatable bonds is 5. The molecule has 0 aromatic rings. The number of hydrogen-bond acceptors (Lipinski definition) is 3. The van der Waals surface area contributed by atoms with Crippen molar-refractivity contribution in [1.82, 2.24) is 4.90 Å². The standard InChI is InChI=1S/C12H20F3NO2/c1-9-2-3-11(18)10(6-9)7-16(4-5-17)8-12(13,14)15/h9-10,17H,2-8H2,1H3. The fraction of sp³-hybridized carbons (Fsp3) is 0.917. The van der Waals surface area contributed by atoms with Crippen molar-refractivity contribution < 1.29 is 23.1 Å². The van der Waals surface area contributed by atoms with Crippen LogP contribution in [0.4, 0.5) is 13.2 Å². The first-order valence-corrected chi connectivity index (χ1v) is 6.24. The zero-order valence-corrected chi connectivity index (χ0v) is 10.5. The van der Waals surface area contributed by atoms with Crippen molar-refractivity contribution in [2.45, 2.75) is 32.4 Å². The fourth-order valence-electron chi connectivity index (χ4n) is 2.45. The summed E-state index contributed by atoms with van der Waals surface area (Å²) in [6, 6.07) is 0. The van der Waals surface area contributed by atoms with E-state index in [9.17, 15) is 18.0 Å². The molecular formula is C12H20F3NO2. The third-order valence-electron chi connectivity index (χ3n) is 3.32. The van der Waals surface area contributed by atoms with Crippen molar-refractivity contribution in [3.63, 3.8) is 0 Å². The molecule has 0 heterocycles. The maximum Gasteiger partial charge on any atom is 0.401 e. The number of halogens is 3. The quantitative estimate of drug-likeness (QED) is 0.826.